The normalized spacial score (nSPS) is 18.7. The van der Waals surface area contributed by atoms with Crippen molar-refractivity contribution in [1.29, 1.82) is 0 Å². The summed E-state index contributed by atoms with van der Waals surface area (Å²) in [5, 5.41) is 2.81. The molecule has 0 spiro atoms. The van der Waals surface area contributed by atoms with E-state index in [1.54, 1.807) is 13.2 Å². The maximum atomic E-state index is 13.0. The minimum atomic E-state index is -2.74. The molecule has 0 bridgehead atoms. The summed E-state index contributed by atoms with van der Waals surface area (Å²) in [6.07, 6.45) is -0.108. The lowest BCUT2D eigenvalue weighted by molar-refractivity contribution is -0.119. The molecule has 1 atom stereocenters. The summed E-state index contributed by atoms with van der Waals surface area (Å²) in [6, 6.07) is 3.61. The zero-order chi connectivity index (χ0) is 15.6. The third-order valence-electron chi connectivity index (χ3n) is 3.25. The van der Waals surface area contributed by atoms with Crippen molar-refractivity contribution in [3.8, 4) is 5.75 Å². The van der Waals surface area contributed by atoms with Crippen molar-refractivity contribution in [2.24, 2.45) is 5.92 Å². The van der Waals surface area contributed by atoms with E-state index in [2.05, 4.69) is 21.2 Å². The average Bonchev–Trinajstić information content (AvgIpc) is 2.53. The van der Waals surface area contributed by atoms with E-state index in [-0.39, 0.29) is 18.7 Å². The van der Waals surface area contributed by atoms with Crippen LogP contribution >= 0.6 is 27.7 Å². The molecule has 0 fully saturated rings. The number of thioether (sulfide) groups is 1. The number of ether oxygens (including phenoxy) is 1. The highest BCUT2D eigenvalue weighted by Gasteiger charge is 2.29. The minimum Gasteiger partial charge on any atom is -0.496 e. The van der Waals surface area contributed by atoms with E-state index in [1.165, 1.54) is 11.8 Å². The van der Waals surface area contributed by atoms with Gasteiger partial charge in [0.2, 0.25) is 11.8 Å². The molecule has 1 aliphatic rings. The summed E-state index contributed by atoms with van der Waals surface area (Å²) in [5.41, 5.74) is 0.684. The summed E-state index contributed by atoms with van der Waals surface area (Å²) >= 11 is 4.85. The van der Waals surface area contributed by atoms with Gasteiger partial charge in [0.05, 0.1) is 17.3 Å². The molecule has 1 aliphatic heterocycles. The summed E-state index contributed by atoms with van der Waals surface area (Å²) in [4.78, 5) is 13.0. The van der Waals surface area contributed by atoms with Gasteiger partial charge in [0, 0.05) is 23.0 Å². The van der Waals surface area contributed by atoms with Gasteiger partial charge in [0.15, 0.2) is 0 Å². The van der Waals surface area contributed by atoms with E-state index < -0.39 is 11.8 Å². The Morgan fingerprint density at radius 2 is 2.24 bits per heavy atom. The average molecular weight is 380 g/mol. The molecule has 0 saturated carbocycles. The molecule has 1 aromatic carbocycles. The Bertz CT molecular complexity index is 549. The van der Waals surface area contributed by atoms with Crippen LogP contribution in [0.2, 0.25) is 0 Å². The summed E-state index contributed by atoms with van der Waals surface area (Å²) in [6.45, 7) is 0.880. The number of anilines is 1. The van der Waals surface area contributed by atoms with E-state index in [1.807, 2.05) is 6.07 Å². The van der Waals surface area contributed by atoms with Gasteiger partial charge in [-0.2, -0.15) is 0 Å². The molecular formula is C14H16BrF2NO2S. The molecule has 1 heterocycles. The number of rotatable bonds is 4. The van der Waals surface area contributed by atoms with Crippen molar-refractivity contribution in [2.75, 3.05) is 18.2 Å². The van der Waals surface area contributed by atoms with E-state index in [4.69, 9.17) is 4.74 Å². The number of alkyl halides is 2. The monoisotopic (exact) mass is 379 g/mol. The van der Waals surface area contributed by atoms with Crippen molar-refractivity contribution in [3.63, 3.8) is 0 Å². The van der Waals surface area contributed by atoms with Crippen LogP contribution in [0.4, 0.5) is 14.5 Å². The van der Waals surface area contributed by atoms with Crippen molar-refractivity contribution in [3.05, 3.63) is 16.6 Å². The van der Waals surface area contributed by atoms with Gasteiger partial charge in [0.1, 0.15) is 5.75 Å². The van der Waals surface area contributed by atoms with E-state index >= 15 is 0 Å². The SMILES string of the molecule is COc1cc2c(cc1Br)NC(=O)C(CCC(C)(F)F)CS2. The number of fused-ring (bicyclic) bond motifs is 1. The lowest BCUT2D eigenvalue weighted by Crippen LogP contribution is -2.25. The van der Waals surface area contributed by atoms with Gasteiger partial charge in [0.25, 0.3) is 0 Å². The Morgan fingerprint density at radius 3 is 2.86 bits per heavy atom. The van der Waals surface area contributed by atoms with Gasteiger partial charge in [-0.25, -0.2) is 8.78 Å². The van der Waals surface area contributed by atoms with E-state index in [0.717, 1.165) is 16.3 Å². The maximum absolute atomic E-state index is 13.0. The molecular weight excluding hydrogens is 364 g/mol. The van der Waals surface area contributed by atoms with Crippen LogP contribution in [0.5, 0.6) is 5.75 Å². The fourth-order valence-electron chi connectivity index (χ4n) is 2.05. The Balaban J connectivity index is 2.14. The zero-order valence-electron chi connectivity index (χ0n) is 11.7. The molecule has 0 saturated heterocycles. The predicted molar refractivity (Wildman–Crippen MR) is 83.4 cm³/mol. The number of methoxy groups -OCH3 is 1. The van der Waals surface area contributed by atoms with E-state index in [0.29, 0.717) is 17.2 Å². The smallest absolute Gasteiger partial charge is 0.245 e. The topological polar surface area (TPSA) is 38.3 Å². The molecule has 0 aliphatic carbocycles. The number of hydrogen-bond acceptors (Lipinski definition) is 3. The highest BCUT2D eigenvalue weighted by Crippen LogP contribution is 2.40. The van der Waals surface area contributed by atoms with Crippen LogP contribution in [0.15, 0.2) is 21.5 Å². The van der Waals surface area contributed by atoms with Crippen LogP contribution in [-0.4, -0.2) is 24.7 Å². The molecule has 116 valence electrons. The number of benzene rings is 1. The fourth-order valence-corrected chi connectivity index (χ4v) is 3.71. The van der Waals surface area contributed by atoms with Crippen LogP contribution in [-0.2, 0) is 4.79 Å². The number of nitrogens with one attached hydrogen (secondary N) is 1. The zero-order valence-corrected chi connectivity index (χ0v) is 14.1. The van der Waals surface area contributed by atoms with E-state index in [9.17, 15) is 13.6 Å². The Hall–Kier alpha value is -0.820. The summed E-state index contributed by atoms with van der Waals surface area (Å²) in [5.74, 6) is -2.20. The molecule has 0 radical (unpaired) electrons. The molecule has 21 heavy (non-hydrogen) atoms. The van der Waals surface area contributed by atoms with Crippen molar-refractivity contribution < 1.29 is 18.3 Å². The first-order valence-electron chi connectivity index (χ1n) is 6.49. The van der Waals surface area contributed by atoms with Crippen LogP contribution in [0.3, 0.4) is 0 Å². The molecule has 1 aromatic rings. The maximum Gasteiger partial charge on any atom is 0.245 e. The second kappa shape index (κ2) is 6.52. The number of halogens is 3. The first kappa shape index (κ1) is 16.5. The first-order valence-corrected chi connectivity index (χ1v) is 8.27. The Kier molecular flexibility index (Phi) is 5.14. The third-order valence-corrected chi connectivity index (χ3v) is 5.09. The lowest BCUT2D eigenvalue weighted by Gasteiger charge is -2.15. The number of amides is 1. The second-order valence-corrected chi connectivity index (χ2v) is 7.01. The lowest BCUT2D eigenvalue weighted by atomic mass is 10.0. The van der Waals surface area contributed by atoms with Crippen LogP contribution < -0.4 is 10.1 Å². The number of carbonyl (C=O) groups is 1. The quantitative estimate of drug-likeness (QED) is 0.833. The molecule has 1 amide bonds. The van der Waals surface area contributed by atoms with Gasteiger partial charge in [-0.15, -0.1) is 11.8 Å². The fraction of sp³-hybridized carbons (Fsp3) is 0.500. The second-order valence-electron chi connectivity index (χ2n) is 5.09. The van der Waals surface area contributed by atoms with Gasteiger partial charge in [-0.1, -0.05) is 0 Å². The number of carbonyl (C=O) groups excluding carboxylic acids is 1. The molecule has 7 heteroatoms. The van der Waals surface area contributed by atoms with Gasteiger partial charge >= 0.3 is 0 Å². The summed E-state index contributed by atoms with van der Waals surface area (Å²) < 4.78 is 31.9. The third kappa shape index (κ3) is 4.32. The largest absolute Gasteiger partial charge is 0.496 e. The predicted octanol–water partition coefficient (Wildman–Crippen LogP) is 4.55. The Morgan fingerprint density at radius 1 is 1.52 bits per heavy atom. The van der Waals surface area contributed by atoms with Gasteiger partial charge < -0.3 is 10.1 Å². The molecule has 3 nitrogen and oxygen atoms in total. The summed E-state index contributed by atoms with van der Waals surface area (Å²) in [7, 11) is 1.57. The molecule has 2 rings (SSSR count). The van der Waals surface area contributed by atoms with Crippen molar-refractivity contribution >= 4 is 39.3 Å². The van der Waals surface area contributed by atoms with Gasteiger partial charge in [-0.3, -0.25) is 4.79 Å². The highest BCUT2D eigenvalue weighted by molar-refractivity contribution is 9.10. The van der Waals surface area contributed by atoms with Crippen molar-refractivity contribution in [1.82, 2.24) is 0 Å². The van der Waals surface area contributed by atoms with Crippen molar-refractivity contribution in [2.45, 2.75) is 30.6 Å². The first-order chi connectivity index (χ1) is 9.80. The molecule has 1 unspecified atom stereocenters. The van der Waals surface area contributed by atoms with Crippen LogP contribution in [0, 0.1) is 5.92 Å². The van der Waals surface area contributed by atoms with Gasteiger partial charge in [-0.05, 0) is 41.4 Å². The van der Waals surface area contributed by atoms with Crippen LogP contribution in [0.25, 0.3) is 0 Å². The minimum absolute atomic E-state index is 0.175. The highest BCUT2D eigenvalue weighted by atomic mass is 79.9. The molecule has 1 N–H and O–H groups in total. The van der Waals surface area contributed by atoms with Crippen LogP contribution in [0.1, 0.15) is 19.8 Å². The number of hydrogen-bond donors (Lipinski definition) is 1. The Labute approximate surface area is 134 Å². The molecule has 0 aromatic heterocycles. The standard InChI is InChI=1S/C14H16BrF2NO2S/c1-14(16,17)4-3-8-7-21-12-6-11(20-2)9(15)5-10(12)18-13(8)19/h5-6,8H,3-4,7H2,1-2H3,(H,18,19).